The topological polar surface area (TPSA) is 115 Å². The van der Waals surface area contributed by atoms with Crippen LogP contribution in [-0.2, 0) is 20.8 Å². The van der Waals surface area contributed by atoms with Gasteiger partial charge in [0.15, 0.2) is 0 Å². The number of nitrogens with two attached hydrogens (primary N) is 2. The summed E-state index contributed by atoms with van der Waals surface area (Å²) in [5.41, 5.74) is 11.4. The summed E-state index contributed by atoms with van der Waals surface area (Å²) in [4.78, 5) is 36.1. The van der Waals surface area contributed by atoms with Gasteiger partial charge >= 0.3 is 0 Å². The molecule has 0 aromatic heterocycles. The smallest absolute Gasteiger partial charge is 0.240 e. The maximum Gasteiger partial charge on any atom is 0.240 e. The average molecular weight is 329 g/mol. The Morgan fingerprint density at radius 2 is 1.88 bits per heavy atom. The third-order valence-corrected chi connectivity index (χ3v) is 5.63. The van der Waals surface area contributed by atoms with Gasteiger partial charge in [-0.1, -0.05) is 30.3 Å². The van der Waals surface area contributed by atoms with Crippen LogP contribution in [0.4, 0.5) is 0 Å². The number of amides is 3. The summed E-state index contributed by atoms with van der Waals surface area (Å²) >= 11 is 0. The van der Waals surface area contributed by atoms with Crippen LogP contribution < -0.4 is 16.8 Å². The van der Waals surface area contributed by atoms with Crippen molar-refractivity contribution in [2.45, 2.75) is 38.1 Å². The Balaban J connectivity index is 1.67. The normalized spacial score (nSPS) is 29.2. The lowest BCUT2D eigenvalue weighted by Gasteiger charge is -2.27. The summed E-state index contributed by atoms with van der Waals surface area (Å²) in [6.45, 7) is 0. The van der Waals surface area contributed by atoms with Gasteiger partial charge in [0.05, 0.1) is 5.41 Å². The summed E-state index contributed by atoms with van der Waals surface area (Å²) in [6.07, 6.45) is 3.12. The highest BCUT2D eigenvalue weighted by Gasteiger charge is 2.56. The second kappa shape index (κ2) is 6.26. The molecule has 0 radical (unpaired) electrons. The predicted octanol–water partition coefficient (Wildman–Crippen LogP) is 0.491. The Labute approximate surface area is 141 Å². The molecule has 3 rings (SSSR count). The lowest BCUT2D eigenvalue weighted by Crippen LogP contribution is -2.49. The Hall–Kier alpha value is -2.37. The van der Waals surface area contributed by atoms with Gasteiger partial charge in [-0.25, -0.2) is 0 Å². The van der Waals surface area contributed by atoms with E-state index in [-0.39, 0.29) is 23.7 Å². The fraction of sp³-hybridized carbons (Fsp3) is 0.500. The minimum absolute atomic E-state index is 0.169. The Kier molecular flexibility index (Phi) is 4.30. The van der Waals surface area contributed by atoms with Gasteiger partial charge in [0, 0.05) is 12.3 Å². The second-order valence-electron chi connectivity index (χ2n) is 7.11. The van der Waals surface area contributed by atoms with Crippen molar-refractivity contribution in [3.63, 3.8) is 0 Å². The third-order valence-electron chi connectivity index (χ3n) is 5.63. The summed E-state index contributed by atoms with van der Waals surface area (Å²) < 4.78 is 0. The van der Waals surface area contributed by atoms with Gasteiger partial charge in [0.1, 0.15) is 6.04 Å². The van der Waals surface area contributed by atoms with Gasteiger partial charge in [-0.2, -0.15) is 0 Å². The third kappa shape index (κ3) is 3.00. The van der Waals surface area contributed by atoms with Gasteiger partial charge in [-0.05, 0) is 37.2 Å². The standard InChI is InChI=1S/C18H23N3O3/c19-15(22)14(8-11-4-2-1-3-5-11)21-16(23)13-10-18(17(20)24)7-6-12(13)9-18/h1-5,12-14H,6-10H2,(H2,19,22)(H2,20,24)(H,21,23). The van der Waals surface area contributed by atoms with E-state index >= 15 is 0 Å². The van der Waals surface area contributed by atoms with Crippen LogP contribution in [0.1, 0.15) is 31.2 Å². The molecule has 2 saturated carbocycles. The van der Waals surface area contributed by atoms with E-state index in [2.05, 4.69) is 5.32 Å². The Morgan fingerprint density at radius 1 is 1.17 bits per heavy atom. The predicted molar refractivity (Wildman–Crippen MR) is 88.3 cm³/mol. The Morgan fingerprint density at radius 3 is 2.46 bits per heavy atom. The van der Waals surface area contributed by atoms with Crippen LogP contribution in [0.25, 0.3) is 0 Å². The molecule has 2 aliphatic carbocycles. The highest BCUT2D eigenvalue weighted by molar-refractivity contribution is 5.90. The van der Waals surface area contributed by atoms with E-state index < -0.39 is 17.4 Å². The highest BCUT2D eigenvalue weighted by Crippen LogP contribution is 2.56. The molecule has 1 aromatic rings. The van der Waals surface area contributed by atoms with E-state index in [0.29, 0.717) is 19.3 Å². The van der Waals surface area contributed by atoms with Crippen LogP contribution in [0.5, 0.6) is 0 Å². The van der Waals surface area contributed by atoms with Gasteiger partial charge in [0.2, 0.25) is 17.7 Å². The van der Waals surface area contributed by atoms with Crippen LogP contribution in [-0.4, -0.2) is 23.8 Å². The van der Waals surface area contributed by atoms with E-state index in [9.17, 15) is 14.4 Å². The minimum atomic E-state index is -0.747. The van der Waals surface area contributed by atoms with Gasteiger partial charge in [-0.15, -0.1) is 0 Å². The number of rotatable bonds is 6. The van der Waals surface area contributed by atoms with Crippen molar-refractivity contribution in [3.05, 3.63) is 35.9 Å². The summed E-state index contributed by atoms with van der Waals surface area (Å²) in [5.74, 6) is -1.15. The zero-order chi connectivity index (χ0) is 17.3. The van der Waals surface area contributed by atoms with E-state index in [1.807, 2.05) is 30.3 Å². The number of fused-ring (bicyclic) bond motifs is 2. The molecule has 2 fully saturated rings. The van der Waals surface area contributed by atoms with E-state index in [1.165, 1.54) is 0 Å². The SMILES string of the molecule is NC(=O)C(Cc1ccccc1)NC(=O)C1CC2(C(N)=O)CCC1C2. The maximum absolute atomic E-state index is 12.6. The number of benzene rings is 1. The molecule has 24 heavy (non-hydrogen) atoms. The molecule has 6 nitrogen and oxygen atoms in total. The van der Waals surface area contributed by atoms with Gasteiger partial charge in [0.25, 0.3) is 0 Å². The monoisotopic (exact) mass is 329 g/mol. The summed E-state index contributed by atoms with van der Waals surface area (Å²) in [5, 5.41) is 2.78. The van der Waals surface area contributed by atoms with E-state index in [0.717, 1.165) is 18.4 Å². The van der Waals surface area contributed by atoms with Crippen molar-refractivity contribution in [2.75, 3.05) is 0 Å². The van der Waals surface area contributed by atoms with Crippen LogP contribution in [0.2, 0.25) is 0 Å². The van der Waals surface area contributed by atoms with Crippen molar-refractivity contribution < 1.29 is 14.4 Å². The first-order valence-corrected chi connectivity index (χ1v) is 8.35. The molecule has 4 unspecified atom stereocenters. The first-order chi connectivity index (χ1) is 11.4. The molecular formula is C18H23N3O3. The minimum Gasteiger partial charge on any atom is -0.369 e. The van der Waals surface area contributed by atoms with Crippen molar-refractivity contribution in [1.82, 2.24) is 5.32 Å². The molecule has 0 heterocycles. The van der Waals surface area contributed by atoms with Crippen molar-refractivity contribution in [3.8, 4) is 0 Å². The zero-order valence-electron chi connectivity index (χ0n) is 13.5. The van der Waals surface area contributed by atoms with E-state index in [1.54, 1.807) is 0 Å². The van der Waals surface area contributed by atoms with Crippen molar-refractivity contribution in [2.24, 2.45) is 28.7 Å². The number of nitrogens with one attached hydrogen (secondary N) is 1. The molecule has 0 aliphatic heterocycles. The molecule has 3 amide bonds. The van der Waals surface area contributed by atoms with Crippen molar-refractivity contribution in [1.29, 1.82) is 0 Å². The van der Waals surface area contributed by atoms with Crippen LogP contribution in [0.3, 0.4) is 0 Å². The quantitative estimate of drug-likeness (QED) is 0.705. The van der Waals surface area contributed by atoms with Gasteiger partial charge in [-0.3, -0.25) is 14.4 Å². The Bertz CT molecular complexity index is 661. The number of carbonyl (C=O) groups is 3. The van der Waals surface area contributed by atoms with Crippen LogP contribution >= 0.6 is 0 Å². The number of carbonyl (C=O) groups excluding carboxylic acids is 3. The average Bonchev–Trinajstić information content (AvgIpc) is 3.15. The molecule has 2 bridgehead atoms. The lowest BCUT2D eigenvalue weighted by atomic mass is 9.79. The fourth-order valence-corrected chi connectivity index (χ4v) is 4.27. The molecule has 2 aliphatic rings. The second-order valence-corrected chi connectivity index (χ2v) is 7.11. The molecule has 0 saturated heterocycles. The first kappa shape index (κ1) is 16.5. The number of primary amides is 2. The first-order valence-electron chi connectivity index (χ1n) is 8.35. The molecule has 0 spiro atoms. The van der Waals surface area contributed by atoms with Crippen molar-refractivity contribution >= 4 is 17.7 Å². The largest absolute Gasteiger partial charge is 0.369 e. The summed E-state index contributed by atoms with van der Waals surface area (Å²) in [6, 6.07) is 8.68. The van der Waals surface area contributed by atoms with Gasteiger partial charge < -0.3 is 16.8 Å². The van der Waals surface area contributed by atoms with Crippen LogP contribution in [0.15, 0.2) is 30.3 Å². The molecule has 1 aromatic carbocycles. The maximum atomic E-state index is 12.6. The number of hydrogen-bond acceptors (Lipinski definition) is 3. The molecule has 5 N–H and O–H groups in total. The fourth-order valence-electron chi connectivity index (χ4n) is 4.27. The number of hydrogen-bond donors (Lipinski definition) is 3. The lowest BCUT2D eigenvalue weighted by molar-refractivity contribution is -0.132. The van der Waals surface area contributed by atoms with Crippen LogP contribution in [0, 0.1) is 17.3 Å². The molecule has 6 heteroatoms. The highest BCUT2D eigenvalue weighted by atomic mass is 16.2. The molecule has 4 atom stereocenters. The molecule has 128 valence electrons. The van der Waals surface area contributed by atoms with E-state index in [4.69, 9.17) is 11.5 Å². The summed E-state index contributed by atoms with van der Waals surface area (Å²) in [7, 11) is 0. The zero-order valence-corrected chi connectivity index (χ0v) is 13.5. The molecular weight excluding hydrogens is 306 g/mol.